The highest BCUT2D eigenvalue weighted by Crippen LogP contribution is 2.47. The van der Waals surface area contributed by atoms with Crippen LogP contribution >= 0.6 is 34.7 Å². The van der Waals surface area contributed by atoms with Crippen LogP contribution in [0.3, 0.4) is 0 Å². The Morgan fingerprint density at radius 3 is 2.76 bits per heavy atom. The van der Waals surface area contributed by atoms with Crippen molar-refractivity contribution in [2.45, 2.75) is 31.5 Å². The summed E-state index contributed by atoms with van der Waals surface area (Å²) in [5.74, 6) is -0.0314. The zero-order valence-corrected chi connectivity index (χ0v) is 21.7. The summed E-state index contributed by atoms with van der Waals surface area (Å²) < 4.78 is 32.1. The molecule has 194 valence electrons. The van der Waals surface area contributed by atoms with Gasteiger partial charge in [-0.3, -0.25) is 9.59 Å². The Morgan fingerprint density at radius 2 is 2.03 bits per heavy atom. The quantitative estimate of drug-likeness (QED) is 0.459. The molecule has 14 heteroatoms. The lowest BCUT2D eigenvalue weighted by atomic mass is 9.80. The molecule has 0 radical (unpaired) electrons. The summed E-state index contributed by atoms with van der Waals surface area (Å²) in [5.41, 5.74) is -0.664. The second-order valence-electron chi connectivity index (χ2n) is 8.60. The monoisotopic (exact) mass is 566 g/mol. The Kier molecular flexibility index (Phi) is 7.30. The number of rotatable bonds is 5. The number of thioether (sulfide) groups is 1. The van der Waals surface area contributed by atoms with Crippen LogP contribution in [0.1, 0.15) is 45.7 Å². The number of thiazole rings is 1. The molecule has 2 aromatic heterocycles. The number of anilines is 1. The largest absolute Gasteiger partial charge is 0.375 e. The predicted molar refractivity (Wildman–Crippen MR) is 138 cm³/mol. The Balaban J connectivity index is 1.40. The molecule has 1 aromatic carbocycles. The molecule has 0 saturated carbocycles. The van der Waals surface area contributed by atoms with Crippen LogP contribution in [0.4, 0.5) is 14.6 Å². The van der Waals surface area contributed by atoms with Crippen molar-refractivity contribution < 1.29 is 23.1 Å². The van der Waals surface area contributed by atoms with Crippen molar-refractivity contribution in [3.05, 3.63) is 63.2 Å². The lowest BCUT2D eigenvalue weighted by Gasteiger charge is -2.44. The van der Waals surface area contributed by atoms with Crippen molar-refractivity contribution in [3.63, 3.8) is 0 Å². The van der Waals surface area contributed by atoms with E-state index in [1.54, 1.807) is 29.6 Å². The summed E-state index contributed by atoms with van der Waals surface area (Å²) in [5, 5.41) is 11.5. The summed E-state index contributed by atoms with van der Waals surface area (Å²) >= 11 is 8.68. The number of halogens is 3. The molecule has 3 unspecified atom stereocenters. The fourth-order valence-corrected chi connectivity index (χ4v) is 6.56. The molecule has 37 heavy (non-hydrogen) atoms. The smallest absolute Gasteiger partial charge is 0.333 e. The number of aromatic nitrogens is 3. The minimum atomic E-state index is -2.92. The standard InChI is InChI=1S/C23H21ClF2N6O3S2/c1-12-7-14-9-37-22(29-18(33)13-5-3-2-4-6-13)30-23(14,11-35-12)20-28-16(10-36-20)27-19(34)17-15(24)8-32(31-17)21(25)26/h2-6,8,10,12,14,21H,7,9,11H2,1H3,(H,27,34)(H,29,30,33). The van der Waals surface area contributed by atoms with E-state index in [9.17, 15) is 18.4 Å². The summed E-state index contributed by atoms with van der Waals surface area (Å²) in [6.45, 7) is -0.663. The van der Waals surface area contributed by atoms with Gasteiger partial charge in [-0.05, 0) is 25.5 Å². The Morgan fingerprint density at radius 1 is 1.24 bits per heavy atom. The van der Waals surface area contributed by atoms with Gasteiger partial charge in [-0.1, -0.05) is 41.6 Å². The van der Waals surface area contributed by atoms with Crippen LogP contribution in [0.15, 0.2) is 46.9 Å². The predicted octanol–water partition coefficient (Wildman–Crippen LogP) is 4.79. The SMILES string of the molecule is CC1CC2CSC(NC(=O)c3ccccc3)=NC2(c2nc(NC(=O)c3nn(C(F)F)cc3Cl)cs2)CO1. The molecule has 2 aliphatic heterocycles. The average molecular weight is 567 g/mol. The Hall–Kier alpha value is -2.87. The van der Waals surface area contributed by atoms with Crippen LogP contribution < -0.4 is 10.6 Å². The van der Waals surface area contributed by atoms with Crippen LogP contribution in [0.25, 0.3) is 0 Å². The number of alkyl halides is 2. The third-order valence-electron chi connectivity index (χ3n) is 6.08. The van der Waals surface area contributed by atoms with Gasteiger partial charge in [0.2, 0.25) is 0 Å². The first kappa shape index (κ1) is 25.8. The molecule has 1 saturated heterocycles. The molecule has 4 heterocycles. The van der Waals surface area contributed by atoms with Crippen molar-refractivity contribution in [1.82, 2.24) is 20.1 Å². The second-order valence-corrected chi connectivity index (χ2v) is 10.9. The highest BCUT2D eigenvalue weighted by Gasteiger charge is 2.50. The summed E-state index contributed by atoms with van der Waals surface area (Å²) in [6, 6.07) is 8.85. The molecular formula is C23H21ClF2N6O3S2. The first-order valence-corrected chi connectivity index (χ1v) is 13.5. The lowest BCUT2D eigenvalue weighted by Crippen LogP contribution is -2.50. The molecule has 2 aliphatic rings. The Labute approximate surface area is 223 Å². The molecule has 3 aromatic rings. The van der Waals surface area contributed by atoms with Gasteiger partial charge in [0, 0.05) is 22.6 Å². The summed E-state index contributed by atoms with van der Waals surface area (Å²) in [7, 11) is 0. The fraction of sp³-hybridized carbons (Fsp3) is 0.348. The molecule has 1 fully saturated rings. The maximum atomic E-state index is 12.9. The number of amidine groups is 1. The number of carbonyl (C=O) groups is 2. The van der Waals surface area contributed by atoms with Gasteiger partial charge in [0.15, 0.2) is 10.9 Å². The van der Waals surface area contributed by atoms with E-state index in [1.807, 2.05) is 13.0 Å². The minimum absolute atomic E-state index is 0.0422. The number of benzene rings is 1. The van der Waals surface area contributed by atoms with Crippen LogP contribution in [0.5, 0.6) is 0 Å². The van der Waals surface area contributed by atoms with E-state index in [-0.39, 0.29) is 41.1 Å². The van der Waals surface area contributed by atoms with Gasteiger partial charge < -0.3 is 15.4 Å². The lowest BCUT2D eigenvalue weighted by molar-refractivity contribution is -0.0466. The third kappa shape index (κ3) is 5.26. The van der Waals surface area contributed by atoms with Crippen LogP contribution in [0.2, 0.25) is 5.02 Å². The number of nitrogens with one attached hydrogen (secondary N) is 2. The van der Waals surface area contributed by atoms with Gasteiger partial charge in [0.1, 0.15) is 16.4 Å². The molecule has 0 bridgehead atoms. The van der Waals surface area contributed by atoms with Gasteiger partial charge >= 0.3 is 6.55 Å². The number of hydrogen-bond acceptors (Lipinski definition) is 8. The average Bonchev–Trinajstić information content (AvgIpc) is 3.52. The zero-order chi connectivity index (χ0) is 26.2. The van der Waals surface area contributed by atoms with Gasteiger partial charge in [0.05, 0.1) is 23.9 Å². The second kappa shape index (κ2) is 10.5. The van der Waals surface area contributed by atoms with Crippen LogP contribution in [-0.2, 0) is 10.3 Å². The van der Waals surface area contributed by atoms with Gasteiger partial charge in [-0.25, -0.2) is 14.7 Å². The highest BCUT2D eigenvalue weighted by atomic mass is 35.5. The molecule has 0 spiro atoms. The summed E-state index contributed by atoms with van der Waals surface area (Å²) in [6.07, 6.45) is 1.68. The van der Waals surface area contributed by atoms with Crippen molar-refractivity contribution in [3.8, 4) is 0 Å². The van der Waals surface area contributed by atoms with E-state index in [0.717, 1.165) is 12.6 Å². The number of hydrogen-bond donors (Lipinski definition) is 2. The molecule has 2 amide bonds. The molecule has 5 rings (SSSR count). The molecule has 9 nitrogen and oxygen atoms in total. The normalized spacial score (nSPS) is 23.3. The number of ether oxygens (including phenoxy) is 1. The van der Waals surface area contributed by atoms with Crippen molar-refractivity contribution in [2.24, 2.45) is 10.9 Å². The highest BCUT2D eigenvalue weighted by molar-refractivity contribution is 8.13. The maximum absolute atomic E-state index is 12.9. The number of aliphatic imine (C=N–C) groups is 1. The van der Waals surface area contributed by atoms with Gasteiger partial charge in [0.25, 0.3) is 11.8 Å². The minimum Gasteiger partial charge on any atom is -0.375 e. The van der Waals surface area contributed by atoms with E-state index in [0.29, 0.717) is 26.2 Å². The maximum Gasteiger partial charge on any atom is 0.333 e. The van der Waals surface area contributed by atoms with E-state index in [4.69, 9.17) is 21.3 Å². The number of carbonyl (C=O) groups excluding carboxylic acids is 2. The molecular weight excluding hydrogens is 546 g/mol. The van der Waals surface area contributed by atoms with Crippen molar-refractivity contribution in [2.75, 3.05) is 17.7 Å². The van der Waals surface area contributed by atoms with E-state index < -0.39 is 18.0 Å². The zero-order valence-electron chi connectivity index (χ0n) is 19.4. The topological polar surface area (TPSA) is 110 Å². The molecule has 2 N–H and O–H groups in total. The molecule has 3 atom stereocenters. The van der Waals surface area contributed by atoms with Crippen molar-refractivity contribution >= 4 is 57.5 Å². The van der Waals surface area contributed by atoms with Crippen LogP contribution in [-0.4, -0.2) is 50.2 Å². The fourth-order valence-electron chi connectivity index (χ4n) is 4.21. The third-order valence-corrected chi connectivity index (χ3v) is 8.40. The Bertz CT molecular complexity index is 1350. The van der Waals surface area contributed by atoms with E-state index in [1.165, 1.54) is 23.1 Å². The first-order chi connectivity index (χ1) is 17.7. The molecule has 0 aliphatic carbocycles. The van der Waals surface area contributed by atoms with Crippen molar-refractivity contribution in [1.29, 1.82) is 0 Å². The first-order valence-electron chi connectivity index (χ1n) is 11.3. The number of fused-ring (bicyclic) bond motifs is 1. The van der Waals surface area contributed by atoms with Gasteiger partial charge in [-0.15, -0.1) is 11.3 Å². The number of nitrogens with zero attached hydrogens (tertiary/aromatic N) is 4. The van der Waals surface area contributed by atoms with Crippen LogP contribution in [0, 0.1) is 5.92 Å². The number of amides is 2. The summed E-state index contributed by atoms with van der Waals surface area (Å²) in [4.78, 5) is 34.9. The van der Waals surface area contributed by atoms with Gasteiger partial charge in [-0.2, -0.15) is 13.9 Å². The van der Waals surface area contributed by atoms with E-state index >= 15 is 0 Å². The van der Waals surface area contributed by atoms with E-state index in [2.05, 4.69) is 20.7 Å².